The molecule has 24 heavy (non-hydrogen) atoms. The molecule has 1 atom stereocenters. The van der Waals surface area contributed by atoms with Crippen LogP contribution in [0.4, 0.5) is 4.79 Å². The van der Waals surface area contributed by atoms with Gasteiger partial charge in [0, 0.05) is 19.6 Å². The molecule has 0 aliphatic carbocycles. The van der Waals surface area contributed by atoms with Crippen LogP contribution in [-0.4, -0.2) is 35.6 Å². The van der Waals surface area contributed by atoms with Gasteiger partial charge in [-0.15, -0.1) is 0 Å². The minimum Gasteiger partial charge on any atom is -0.444 e. The zero-order valence-electron chi connectivity index (χ0n) is 15.1. The number of nitrogens with one attached hydrogen (secondary N) is 1. The number of nitrogens with zero attached hydrogens (tertiary/aromatic N) is 1. The van der Waals surface area contributed by atoms with Crippen molar-refractivity contribution in [3.05, 3.63) is 35.4 Å². The first kappa shape index (κ1) is 18.3. The van der Waals surface area contributed by atoms with E-state index < -0.39 is 5.60 Å². The fourth-order valence-corrected chi connectivity index (χ4v) is 2.72. The van der Waals surface area contributed by atoms with Gasteiger partial charge in [0.2, 0.25) is 5.91 Å². The van der Waals surface area contributed by atoms with Gasteiger partial charge in [-0.3, -0.25) is 4.79 Å². The quantitative estimate of drug-likeness (QED) is 0.924. The number of carbonyl (C=O) groups excluding carboxylic acids is 2. The molecular weight excluding hydrogens is 304 g/mol. The van der Waals surface area contributed by atoms with E-state index in [1.165, 1.54) is 5.56 Å². The minimum absolute atomic E-state index is 0.00355. The second kappa shape index (κ2) is 7.69. The Bertz CT molecular complexity index is 575. The van der Waals surface area contributed by atoms with Crippen molar-refractivity contribution < 1.29 is 14.3 Å². The van der Waals surface area contributed by atoms with E-state index >= 15 is 0 Å². The lowest BCUT2D eigenvalue weighted by Gasteiger charge is -2.33. The SMILES string of the molecule is Cc1ccc(CNC(=O)[C@@H]2CCCN(C(=O)OC(C)(C)C)C2)cc1. The van der Waals surface area contributed by atoms with E-state index in [0.717, 1.165) is 18.4 Å². The summed E-state index contributed by atoms with van der Waals surface area (Å²) in [6, 6.07) is 8.10. The molecule has 1 aliphatic rings. The largest absolute Gasteiger partial charge is 0.444 e. The summed E-state index contributed by atoms with van der Waals surface area (Å²) in [5.41, 5.74) is 1.76. The Kier molecular flexibility index (Phi) is 5.86. The second-order valence-corrected chi connectivity index (χ2v) is 7.47. The highest BCUT2D eigenvalue weighted by molar-refractivity contribution is 5.80. The molecule has 5 nitrogen and oxygen atoms in total. The number of aryl methyl sites for hydroxylation is 1. The predicted molar refractivity (Wildman–Crippen MR) is 93.6 cm³/mol. The molecule has 1 fully saturated rings. The van der Waals surface area contributed by atoms with Gasteiger partial charge in [-0.05, 0) is 46.1 Å². The summed E-state index contributed by atoms with van der Waals surface area (Å²) in [6.45, 7) is 9.17. The van der Waals surface area contributed by atoms with Crippen molar-refractivity contribution in [3.8, 4) is 0 Å². The maximum Gasteiger partial charge on any atom is 0.410 e. The Morgan fingerprint density at radius 3 is 2.54 bits per heavy atom. The molecule has 1 saturated heterocycles. The van der Waals surface area contributed by atoms with Gasteiger partial charge < -0.3 is 15.0 Å². The van der Waals surface area contributed by atoms with E-state index in [1.54, 1.807) is 4.90 Å². The standard InChI is InChI=1S/C19H28N2O3/c1-14-7-9-15(10-8-14)12-20-17(22)16-6-5-11-21(13-16)18(23)24-19(2,3)4/h7-10,16H,5-6,11-13H2,1-4H3,(H,20,22)/t16-/m1/s1. The van der Waals surface area contributed by atoms with Gasteiger partial charge in [-0.25, -0.2) is 4.79 Å². The van der Waals surface area contributed by atoms with Crippen LogP contribution in [0.2, 0.25) is 0 Å². The van der Waals surface area contributed by atoms with Crippen LogP contribution in [0, 0.1) is 12.8 Å². The number of hydrogen-bond acceptors (Lipinski definition) is 3. The van der Waals surface area contributed by atoms with E-state index in [4.69, 9.17) is 4.74 Å². The first-order valence-corrected chi connectivity index (χ1v) is 8.56. The summed E-state index contributed by atoms with van der Waals surface area (Å²) in [5.74, 6) is -0.166. The third-order valence-electron chi connectivity index (χ3n) is 4.03. The van der Waals surface area contributed by atoms with Crippen molar-refractivity contribution in [1.82, 2.24) is 10.2 Å². The molecule has 0 saturated carbocycles. The smallest absolute Gasteiger partial charge is 0.410 e. The Hall–Kier alpha value is -2.04. The Morgan fingerprint density at radius 1 is 1.25 bits per heavy atom. The zero-order chi connectivity index (χ0) is 17.7. The van der Waals surface area contributed by atoms with Crippen molar-refractivity contribution in [3.63, 3.8) is 0 Å². The lowest BCUT2D eigenvalue weighted by atomic mass is 9.97. The maximum atomic E-state index is 12.4. The lowest BCUT2D eigenvalue weighted by molar-refractivity contribution is -0.126. The fourth-order valence-electron chi connectivity index (χ4n) is 2.72. The summed E-state index contributed by atoms with van der Waals surface area (Å²) in [4.78, 5) is 26.2. The van der Waals surface area contributed by atoms with Crippen molar-refractivity contribution in [1.29, 1.82) is 0 Å². The molecular formula is C19H28N2O3. The van der Waals surface area contributed by atoms with Gasteiger partial charge in [0.05, 0.1) is 5.92 Å². The van der Waals surface area contributed by atoms with Crippen LogP contribution in [0.1, 0.15) is 44.7 Å². The number of piperidine rings is 1. The molecule has 2 amide bonds. The van der Waals surface area contributed by atoms with Crippen LogP contribution in [0.15, 0.2) is 24.3 Å². The molecule has 0 spiro atoms. The van der Waals surface area contributed by atoms with Crippen LogP contribution >= 0.6 is 0 Å². The molecule has 0 radical (unpaired) electrons. The Balaban J connectivity index is 1.85. The minimum atomic E-state index is -0.516. The van der Waals surface area contributed by atoms with E-state index in [2.05, 4.69) is 5.32 Å². The summed E-state index contributed by atoms with van der Waals surface area (Å²) in [5, 5.41) is 2.98. The third-order valence-corrected chi connectivity index (χ3v) is 4.03. The van der Waals surface area contributed by atoms with Crippen LogP contribution in [0.5, 0.6) is 0 Å². The molecule has 132 valence electrons. The van der Waals surface area contributed by atoms with Gasteiger partial charge in [-0.2, -0.15) is 0 Å². The number of carbonyl (C=O) groups is 2. The molecule has 1 aliphatic heterocycles. The number of ether oxygens (including phenoxy) is 1. The average molecular weight is 332 g/mol. The van der Waals surface area contributed by atoms with Crippen molar-refractivity contribution in [2.24, 2.45) is 5.92 Å². The monoisotopic (exact) mass is 332 g/mol. The van der Waals surface area contributed by atoms with E-state index in [9.17, 15) is 9.59 Å². The molecule has 1 N–H and O–H groups in total. The molecule has 2 rings (SSSR count). The van der Waals surface area contributed by atoms with Gasteiger partial charge in [0.25, 0.3) is 0 Å². The fraction of sp³-hybridized carbons (Fsp3) is 0.579. The summed E-state index contributed by atoms with van der Waals surface area (Å²) >= 11 is 0. The topological polar surface area (TPSA) is 58.6 Å². The second-order valence-electron chi connectivity index (χ2n) is 7.47. The van der Waals surface area contributed by atoms with Gasteiger partial charge in [0.1, 0.15) is 5.60 Å². The molecule has 0 bridgehead atoms. The molecule has 0 unspecified atom stereocenters. The van der Waals surface area contributed by atoms with E-state index in [1.807, 2.05) is 52.0 Å². The molecule has 1 aromatic rings. The highest BCUT2D eigenvalue weighted by atomic mass is 16.6. The summed E-state index contributed by atoms with van der Waals surface area (Å²) < 4.78 is 5.40. The van der Waals surface area contributed by atoms with Gasteiger partial charge >= 0.3 is 6.09 Å². The molecule has 5 heteroatoms. The normalized spacial score (nSPS) is 18.2. The van der Waals surface area contributed by atoms with Crippen molar-refractivity contribution in [2.45, 2.75) is 52.7 Å². The van der Waals surface area contributed by atoms with Crippen LogP contribution in [-0.2, 0) is 16.1 Å². The van der Waals surface area contributed by atoms with E-state index in [0.29, 0.717) is 19.6 Å². The number of likely N-dealkylation sites (tertiary alicyclic amines) is 1. The molecule has 1 heterocycles. The highest BCUT2D eigenvalue weighted by Crippen LogP contribution is 2.19. The highest BCUT2D eigenvalue weighted by Gasteiger charge is 2.30. The van der Waals surface area contributed by atoms with Crippen molar-refractivity contribution >= 4 is 12.0 Å². The van der Waals surface area contributed by atoms with Crippen LogP contribution in [0.3, 0.4) is 0 Å². The zero-order valence-corrected chi connectivity index (χ0v) is 15.1. The predicted octanol–water partition coefficient (Wildman–Crippen LogP) is 3.26. The van der Waals surface area contributed by atoms with Gasteiger partial charge in [-0.1, -0.05) is 29.8 Å². The number of benzene rings is 1. The average Bonchev–Trinajstić information content (AvgIpc) is 2.52. The molecule has 0 aromatic heterocycles. The van der Waals surface area contributed by atoms with Crippen molar-refractivity contribution in [2.75, 3.05) is 13.1 Å². The third kappa shape index (κ3) is 5.55. The summed E-state index contributed by atoms with van der Waals surface area (Å²) in [7, 11) is 0. The van der Waals surface area contributed by atoms with Crippen LogP contribution in [0.25, 0.3) is 0 Å². The Morgan fingerprint density at radius 2 is 1.92 bits per heavy atom. The van der Waals surface area contributed by atoms with Crippen LogP contribution < -0.4 is 5.32 Å². The maximum absolute atomic E-state index is 12.4. The first-order valence-electron chi connectivity index (χ1n) is 8.56. The number of amides is 2. The number of hydrogen-bond donors (Lipinski definition) is 1. The van der Waals surface area contributed by atoms with Gasteiger partial charge in [0.15, 0.2) is 0 Å². The first-order chi connectivity index (χ1) is 11.2. The Labute approximate surface area is 144 Å². The number of rotatable bonds is 3. The lowest BCUT2D eigenvalue weighted by Crippen LogP contribution is -2.46. The molecule has 1 aromatic carbocycles. The summed E-state index contributed by atoms with van der Waals surface area (Å²) in [6.07, 6.45) is 1.29. The van der Waals surface area contributed by atoms with E-state index in [-0.39, 0.29) is 17.9 Å².